The number of nitriles is 1. The van der Waals surface area contributed by atoms with Crippen molar-refractivity contribution in [1.82, 2.24) is 14.5 Å². The Labute approximate surface area is 126 Å². The Morgan fingerprint density at radius 2 is 2.14 bits per heavy atom. The lowest BCUT2D eigenvalue weighted by Crippen LogP contribution is -2.06. The topological polar surface area (TPSA) is 92.5 Å². The number of hydrogen-bond acceptors (Lipinski definition) is 5. The summed E-state index contributed by atoms with van der Waals surface area (Å²) in [5, 5.41) is 13.0. The number of aromatic nitrogens is 3. The van der Waals surface area contributed by atoms with E-state index in [2.05, 4.69) is 21.4 Å². The molecule has 22 heavy (non-hydrogen) atoms. The fraction of sp³-hybridized carbons (Fsp3) is 0.133. The minimum atomic E-state index is -0.299. The highest BCUT2D eigenvalue weighted by molar-refractivity contribution is 5.96. The fourth-order valence-corrected chi connectivity index (χ4v) is 2.41. The molecule has 3 rings (SSSR count). The standard InChI is InChI=1S/C15H13FN6/c1-22-14(19-7-9-4-2-3-5-11(9)16)10(6-17)12-13(18)20-8-21-15(12)22/h2-5,8,19H,7H2,1H3,(H2,18,20,21). The first-order valence-electron chi connectivity index (χ1n) is 6.59. The van der Waals surface area contributed by atoms with Gasteiger partial charge in [0.1, 0.15) is 41.1 Å². The van der Waals surface area contributed by atoms with Crippen LogP contribution in [-0.4, -0.2) is 14.5 Å². The monoisotopic (exact) mass is 296 g/mol. The van der Waals surface area contributed by atoms with E-state index < -0.39 is 0 Å². The molecule has 3 N–H and O–H groups in total. The Morgan fingerprint density at radius 1 is 1.36 bits per heavy atom. The molecule has 0 bridgehead atoms. The number of benzene rings is 1. The number of hydrogen-bond donors (Lipinski definition) is 2. The molecule has 110 valence electrons. The van der Waals surface area contributed by atoms with E-state index in [4.69, 9.17) is 5.73 Å². The van der Waals surface area contributed by atoms with Gasteiger partial charge in [-0.2, -0.15) is 5.26 Å². The van der Waals surface area contributed by atoms with Gasteiger partial charge in [0.15, 0.2) is 0 Å². The molecule has 0 aliphatic rings. The van der Waals surface area contributed by atoms with E-state index in [1.807, 2.05) is 0 Å². The number of nitrogens with two attached hydrogens (primary N) is 1. The normalized spacial score (nSPS) is 10.6. The van der Waals surface area contributed by atoms with Crippen LogP contribution < -0.4 is 11.1 Å². The molecule has 0 aliphatic carbocycles. The highest BCUT2D eigenvalue weighted by Crippen LogP contribution is 2.30. The van der Waals surface area contributed by atoms with Gasteiger partial charge in [-0.3, -0.25) is 0 Å². The third-order valence-electron chi connectivity index (χ3n) is 3.51. The number of aryl methyl sites for hydroxylation is 1. The van der Waals surface area contributed by atoms with Gasteiger partial charge in [-0.25, -0.2) is 14.4 Å². The van der Waals surface area contributed by atoms with Crippen LogP contribution >= 0.6 is 0 Å². The van der Waals surface area contributed by atoms with Crippen molar-refractivity contribution in [3.63, 3.8) is 0 Å². The largest absolute Gasteiger partial charge is 0.383 e. The average molecular weight is 296 g/mol. The average Bonchev–Trinajstić information content (AvgIpc) is 2.80. The molecule has 3 aromatic rings. The molecule has 0 fully saturated rings. The van der Waals surface area contributed by atoms with Crippen molar-refractivity contribution in [3.8, 4) is 6.07 Å². The van der Waals surface area contributed by atoms with Gasteiger partial charge in [0.25, 0.3) is 0 Å². The minimum absolute atomic E-state index is 0.246. The lowest BCUT2D eigenvalue weighted by Gasteiger charge is -2.09. The molecule has 0 unspecified atom stereocenters. The number of rotatable bonds is 3. The van der Waals surface area contributed by atoms with Crippen molar-refractivity contribution < 1.29 is 4.39 Å². The van der Waals surface area contributed by atoms with Gasteiger partial charge in [0, 0.05) is 19.2 Å². The van der Waals surface area contributed by atoms with Crippen LogP contribution in [0.25, 0.3) is 11.0 Å². The molecule has 0 aliphatic heterocycles. The molecule has 0 amide bonds. The summed E-state index contributed by atoms with van der Waals surface area (Å²) < 4.78 is 15.4. The van der Waals surface area contributed by atoms with Crippen LogP contribution in [0.2, 0.25) is 0 Å². The van der Waals surface area contributed by atoms with Crippen LogP contribution in [0.5, 0.6) is 0 Å². The Hall–Kier alpha value is -3.14. The second-order valence-corrected chi connectivity index (χ2v) is 4.80. The smallest absolute Gasteiger partial charge is 0.148 e. The predicted molar refractivity (Wildman–Crippen MR) is 81.4 cm³/mol. The van der Waals surface area contributed by atoms with Crippen molar-refractivity contribution in [1.29, 1.82) is 5.26 Å². The molecule has 0 saturated heterocycles. The van der Waals surface area contributed by atoms with Crippen molar-refractivity contribution in [3.05, 3.63) is 47.5 Å². The summed E-state index contributed by atoms with van der Waals surface area (Å²) in [5.74, 6) is 0.482. The van der Waals surface area contributed by atoms with E-state index in [0.29, 0.717) is 28.0 Å². The highest BCUT2D eigenvalue weighted by atomic mass is 19.1. The minimum Gasteiger partial charge on any atom is -0.383 e. The maximum atomic E-state index is 13.7. The first kappa shape index (κ1) is 13.8. The lowest BCUT2D eigenvalue weighted by atomic mass is 10.2. The van der Waals surface area contributed by atoms with E-state index in [0.717, 1.165) is 0 Å². The van der Waals surface area contributed by atoms with E-state index >= 15 is 0 Å². The molecule has 0 atom stereocenters. The molecule has 2 heterocycles. The SMILES string of the molecule is Cn1c(NCc2ccccc2F)c(C#N)c2c(N)ncnc21. The van der Waals surface area contributed by atoms with Gasteiger partial charge < -0.3 is 15.6 Å². The van der Waals surface area contributed by atoms with Crippen LogP contribution in [0.3, 0.4) is 0 Å². The maximum Gasteiger partial charge on any atom is 0.148 e. The number of nitrogens with one attached hydrogen (secondary N) is 1. The Balaban J connectivity index is 2.05. The van der Waals surface area contributed by atoms with Crippen molar-refractivity contribution in [2.24, 2.45) is 7.05 Å². The number of halogens is 1. The lowest BCUT2D eigenvalue weighted by molar-refractivity contribution is 0.612. The first-order chi connectivity index (χ1) is 10.6. The van der Waals surface area contributed by atoms with Gasteiger partial charge in [0.2, 0.25) is 0 Å². The second-order valence-electron chi connectivity index (χ2n) is 4.80. The summed E-state index contributed by atoms with van der Waals surface area (Å²) in [6, 6.07) is 8.59. The molecule has 0 radical (unpaired) electrons. The van der Waals surface area contributed by atoms with Gasteiger partial charge in [0.05, 0.1) is 5.39 Å². The molecule has 6 nitrogen and oxygen atoms in total. The fourth-order valence-electron chi connectivity index (χ4n) is 2.41. The van der Waals surface area contributed by atoms with Gasteiger partial charge in [-0.05, 0) is 6.07 Å². The van der Waals surface area contributed by atoms with Crippen LogP contribution in [-0.2, 0) is 13.6 Å². The maximum absolute atomic E-state index is 13.7. The zero-order chi connectivity index (χ0) is 15.7. The summed E-state index contributed by atoms with van der Waals surface area (Å²) in [4.78, 5) is 8.07. The third kappa shape index (κ3) is 2.11. The number of nitrogen functional groups attached to an aromatic ring is 1. The summed E-state index contributed by atoms with van der Waals surface area (Å²) in [7, 11) is 1.76. The molecule has 2 aromatic heterocycles. The highest BCUT2D eigenvalue weighted by Gasteiger charge is 2.18. The molecular formula is C15H13FN6. The van der Waals surface area contributed by atoms with E-state index in [1.165, 1.54) is 12.4 Å². The number of fused-ring (bicyclic) bond motifs is 1. The van der Waals surface area contributed by atoms with Crippen molar-refractivity contribution >= 4 is 22.7 Å². The van der Waals surface area contributed by atoms with Gasteiger partial charge in [-0.15, -0.1) is 0 Å². The Morgan fingerprint density at radius 3 is 2.86 bits per heavy atom. The molecule has 7 heteroatoms. The van der Waals surface area contributed by atoms with E-state index in [9.17, 15) is 9.65 Å². The summed E-state index contributed by atoms with van der Waals surface area (Å²) in [5.41, 5.74) is 7.26. The molecule has 0 saturated carbocycles. The molecule has 1 aromatic carbocycles. The van der Waals surface area contributed by atoms with Crippen LogP contribution in [0, 0.1) is 17.1 Å². The first-order valence-corrected chi connectivity index (χ1v) is 6.59. The summed E-state index contributed by atoms with van der Waals surface area (Å²) in [6.45, 7) is 0.249. The van der Waals surface area contributed by atoms with Crippen LogP contribution in [0.1, 0.15) is 11.1 Å². The molecule has 0 spiro atoms. The summed E-state index contributed by atoms with van der Waals surface area (Å²) >= 11 is 0. The third-order valence-corrected chi connectivity index (χ3v) is 3.51. The van der Waals surface area contributed by atoms with E-state index in [-0.39, 0.29) is 18.2 Å². The quantitative estimate of drug-likeness (QED) is 0.772. The predicted octanol–water partition coefficient (Wildman–Crippen LogP) is 2.17. The molecular weight excluding hydrogens is 283 g/mol. The zero-order valence-corrected chi connectivity index (χ0v) is 11.8. The van der Waals surface area contributed by atoms with Crippen LogP contribution in [0.15, 0.2) is 30.6 Å². The number of nitrogens with zero attached hydrogens (tertiary/aromatic N) is 4. The Kier molecular flexibility index (Phi) is 3.35. The van der Waals surface area contributed by atoms with Crippen molar-refractivity contribution in [2.75, 3.05) is 11.1 Å². The van der Waals surface area contributed by atoms with E-state index in [1.54, 1.807) is 29.8 Å². The number of anilines is 2. The summed E-state index contributed by atoms with van der Waals surface area (Å²) in [6.07, 6.45) is 1.35. The van der Waals surface area contributed by atoms with Gasteiger partial charge >= 0.3 is 0 Å². The Bertz CT molecular complexity index is 893. The zero-order valence-electron chi connectivity index (χ0n) is 11.8. The second kappa shape index (κ2) is 5.33. The van der Waals surface area contributed by atoms with Gasteiger partial charge in [-0.1, -0.05) is 18.2 Å². The van der Waals surface area contributed by atoms with Crippen LogP contribution in [0.4, 0.5) is 16.0 Å². The van der Waals surface area contributed by atoms with Crippen molar-refractivity contribution in [2.45, 2.75) is 6.54 Å².